The fourth-order valence-electron chi connectivity index (χ4n) is 0.361. The van der Waals surface area contributed by atoms with Crippen molar-refractivity contribution in [2.75, 3.05) is 0 Å². The van der Waals surface area contributed by atoms with Gasteiger partial charge in [-0.3, -0.25) is 0 Å². The van der Waals surface area contributed by atoms with Crippen LogP contribution < -0.4 is 0 Å². The lowest BCUT2D eigenvalue weighted by Crippen LogP contribution is -1.53. The largest absolute Gasteiger partial charge is 0.0456 e. The van der Waals surface area contributed by atoms with Gasteiger partial charge in [-0.1, -0.05) is 0 Å². The summed E-state index contributed by atoms with van der Waals surface area (Å²) in [6.07, 6.45) is 10.0. The van der Waals surface area contributed by atoms with Crippen LogP contribution in [0, 0.1) is 19.3 Å². The molecule has 25 valence electrons. The zero-order chi connectivity index (χ0) is 3.54. The molecule has 0 unspecified atom stereocenters. The minimum Gasteiger partial charge on any atom is -0.0456 e. The van der Waals surface area contributed by atoms with Crippen LogP contribution >= 0.6 is 0 Å². The SMILES string of the molecule is [C]1[CH][C]CC1. The van der Waals surface area contributed by atoms with Gasteiger partial charge in [-0.05, 0) is 32.1 Å². The molecule has 1 aliphatic carbocycles. The van der Waals surface area contributed by atoms with Gasteiger partial charge < -0.3 is 0 Å². The van der Waals surface area contributed by atoms with E-state index in [4.69, 9.17) is 0 Å². The highest BCUT2D eigenvalue weighted by atomic mass is 14.0. The molecule has 0 aromatic rings. The van der Waals surface area contributed by atoms with Crippen LogP contribution in [-0.2, 0) is 0 Å². The molecule has 0 amide bonds. The third-order valence-electron chi connectivity index (χ3n) is 0.618. The second-order valence-electron chi connectivity index (χ2n) is 1.05. The first kappa shape index (κ1) is 3.20. The molecule has 0 aromatic carbocycles. The van der Waals surface area contributed by atoms with Crippen molar-refractivity contribution in [3.8, 4) is 0 Å². The van der Waals surface area contributed by atoms with E-state index in [9.17, 15) is 0 Å². The highest BCUT2D eigenvalue weighted by Gasteiger charge is 1.97. The summed E-state index contributed by atoms with van der Waals surface area (Å²) in [7, 11) is 0. The molecule has 0 heterocycles. The first-order valence-corrected chi connectivity index (χ1v) is 1.78. The maximum atomic E-state index is 2.99. The minimum atomic E-state index is 1.08. The molecule has 1 aliphatic rings. The Bertz CT molecular complexity index is 11.6. The maximum Gasteiger partial charge on any atom is -0.0130 e. The van der Waals surface area contributed by atoms with Gasteiger partial charge in [-0.2, -0.15) is 0 Å². The fraction of sp³-hybridized carbons (Fsp3) is 0.400. The second-order valence-corrected chi connectivity index (χ2v) is 1.05. The molecule has 0 heteroatoms. The average Bonchev–Trinajstić information content (AvgIpc) is 1.76. The van der Waals surface area contributed by atoms with Crippen LogP contribution in [-0.4, -0.2) is 0 Å². The molecule has 0 nitrogen and oxygen atoms in total. The van der Waals surface area contributed by atoms with E-state index in [-0.39, 0.29) is 0 Å². The summed E-state index contributed by atoms with van der Waals surface area (Å²) in [5.41, 5.74) is 0. The summed E-state index contributed by atoms with van der Waals surface area (Å²) < 4.78 is 0. The predicted molar refractivity (Wildman–Crippen MR) is 20.0 cm³/mol. The van der Waals surface area contributed by atoms with E-state index in [1.807, 2.05) is 6.42 Å². The van der Waals surface area contributed by atoms with Crippen LogP contribution in [0.5, 0.6) is 0 Å². The highest BCUT2D eigenvalue weighted by Crippen LogP contribution is 2.11. The maximum absolute atomic E-state index is 2.99. The quantitative estimate of drug-likeness (QED) is 0.397. The normalized spacial score (nSPS) is 24.0. The summed E-state index contributed by atoms with van der Waals surface area (Å²) >= 11 is 0. The van der Waals surface area contributed by atoms with Gasteiger partial charge in [0.25, 0.3) is 0 Å². The second kappa shape index (κ2) is 1.44. The van der Waals surface area contributed by atoms with E-state index in [0.717, 1.165) is 12.8 Å². The molecule has 1 saturated carbocycles. The average molecular weight is 65.1 g/mol. The number of rotatable bonds is 0. The smallest absolute Gasteiger partial charge is 0.0130 e. The van der Waals surface area contributed by atoms with Gasteiger partial charge in [0.2, 0.25) is 0 Å². The Labute approximate surface area is 33.2 Å². The Morgan fingerprint density at radius 1 is 1.20 bits per heavy atom. The number of hydrogen-bond donors (Lipinski definition) is 0. The minimum absolute atomic E-state index is 1.08. The molecule has 0 aromatic heterocycles. The Balaban J connectivity index is 2.08. The van der Waals surface area contributed by atoms with Crippen molar-refractivity contribution >= 4 is 0 Å². The molecular formula is C5H5. The molecular weight excluding hydrogens is 60.1 g/mol. The van der Waals surface area contributed by atoms with Crippen molar-refractivity contribution < 1.29 is 0 Å². The van der Waals surface area contributed by atoms with Crippen LogP contribution in [0.2, 0.25) is 0 Å². The molecule has 5 radical (unpaired) electrons. The summed E-state index contributed by atoms with van der Waals surface area (Å²) in [6, 6.07) is 0. The van der Waals surface area contributed by atoms with Gasteiger partial charge in [0, 0.05) is 0 Å². The third-order valence-corrected chi connectivity index (χ3v) is 0.618. The Kier molecular flexibility index (Phi) is 0.922. The van der Waals surface area contributed by atoms with E-state index in [1.165, 1.54) is 0 Å². The van der Waals surface area contributed by atoms with Crippen molar-refractivity contribution in [2.45, 2.75) is 12.8 Å². The predicted octanol–water partition coefficient (Wildman–Crippen LogP) is 1.15. The van der Waals surface area contributed by atoms with Gasteiger partial charge in [0.1, 0.15) is 0 Å². The third kappa shape index (κ3) is 0.640. The first-order valence-electron chi connectivity index (χ1n) is 1.78. The Morgan fingerprint density at radius 2 is 1.80 bits per heavy atom. The Hall–Kier alpha value is 0. The lowest BCUT2D eigenvalue weighted by atomic mass is 10.4. The van der Waals surface area contributed by atoms with Crippen molar-refractivity contribution in [2.24, 2.45) is 0 Å². The van der Waals surface area contributed by atoms with E-state index < -0.39 is 0 Å². The zero-order valence-electron chi connectivity index (χ0n) is 2.99. The molecule has 5 heavy (non-hydrogen) atoms. The van der Waals surface area contributed by atoms with Crippen molar-refractivity contribution in [1.29, 1.82) is 0 Å². The van der Waals surface area contributed by atoms with Crippen LogP contribution in [0.15, 0.2) is 0 Å². The Morgan fingerprint density at radius 3 is 2.00 bits per heavy atom. The van der Waals surface area contributed by atoms with Gasteiger partial charge >= 0.3 is 0 Å². The molecule has 1 fully saturated rings. The van der Waals surface area contributed by atoms with Crippen LogP contribution in [0.1, 0.15) is 12.8 Å². The molecule has 1 rings (SSSR count). The molecule has 0 bridgehead atoms. The highest BCUT2D eigenvalue weighted by molar-refractivity contribution is 5.03. The van der Waals surface area contributed by atoms with Crippen LogP contribution in [0.3, 0.4) is 0 Å². The van der Waals surface area contributed by atoms with E-state index in [1.54, 1.807) is 0 Å². The van der Waals surface area contributed by atoms with Crippen molar-refractivity contribution in [3.63, 3.8) is 0 Å². The summed E-state index contributed by atoms with van der Waals surface area (Å²) in [5, 5.41) is 0. The first-order chi connectivity index (χ1) is 2.50. The molecule has 0 atom stereocenters. The van der Waals surface area contributed by atoms with Crippen LogP contribution in [0.4, 0.5) is 0 Å². The summed E-state index contributed by atoms with van der Waals surface area (Å²) in [6.45, 7) is 0. The lowest BCUT2D eigenvalue weighted by Gasteiger charge is -1.65. The van der Waals surface area contributed by atoms with E-state index in [0.29, 0.717) is 0 Å². The fourth-order valence-corrected chi connectivity index (χ4v) is 0.361. The lowest BCUT2D eigenvalue weighted by molar-refractivity contribution is 1.05. The molecule has 0 spiro atoms. The standard InChI is InChI=1S/C5H5/c1-2-4-5-3-1/h1H,4-5H2. The molecule has 0 aliphatic heterocycles. The molecule has 0 saturated heterocycles. The number of hydrogen-bond acceptors (Lipinski definition) is 0. The van der Waals surface area contributed by atoms with Crippen molar-refractivity contribution in [1.82, 2.24) is 0 Å². The topological polar surface area (TPSA) is 0 Å². The van der Waals surface area contributed by atoms with Gasteiger partial charge in [0.15, 0.2) is 0 Å². The monoisotopic (exact) mass is 65.0 g/mol. The summed E-state index contributed by atoms with van der Waals surface area (Å²) in [5.74, 6) is 0. The van der Waals surface area contributed by atoms with Gasteiger partial charge in [-0.15, -0.1) is 0 Å². The van der Waals surface area contributed by atoms with Gasteiger partial charge in [-0.25, -0.2) is 0 Å². The van der Waals surface area contributed by atoms with Crippen LogP contribution in [0.25, 0.3) is 0 Å². The van der Waals surface area contributed by atoms with Crippen molar-refractivity contribution in [3.05, 3.63) is 19.3 Å². The zero-order valence-corrected chi connectivity index (χ0v) is 2.99. The molecule has 0 N–H and O–H groups in total. The van der Waals surface area contributed by atoms with E-state index >= 15 is 0 Å². The summed E-state index contributed by atoms with van der Waals surface area (Å²) in [4.78, 5) is 0. The van der Waals surface area contributed by atoms with E-state index in [2.05, 4.69) is 12.8 Å². The van der Waals surface area contributed by atoms with Gasteiger partial charge in [0.05, 0.1) is 0 Å².